The van der Waals surface area contributed by atoms with Crippen LogP contribution in [0.5, 0.6) is 0 Å². The van der Waals surface area contributed by atoms with Gasteiger partial charge in [0.15, 0.2) is 0 Å². The molecule has 59 heavy (non-hydrogen) atoms. The fourth-order valence-electron chi connectivity index (χ4n) is 7.11. The van der Waals surface area contributed by atoms with Crippen LogP contribution in [0.2, 0.25) is 0 Å². The monoisotopic (exact) mass is 949 g/mol. The maximum Gasteiger partial charge on any atom is 2.00 e. The zero-order valence-corrected chi connectivity index (χ0v) is 41.5. The first-order chi connectivity index (χ1) is 28.4. The second kappa shape index (κ2) is 44.8. The van der Waals surface area contributed by atoms with Gasteiger partial charge in [0.2, 0.25) is 0 Å². The molecule has 2 N–H and O–H groups in total. The molecule has 2 atom stereocenters. The summed E-state index contributed by atoms with van der Waals surface area (Å²) >= 11 is 0. The van der Waals surface area contributed by atoms with E-state index in [1.54, 1.807) is 0 Å². The van der Waals surface area contributed by atoms with Crippen molar-refractivity contribution in [1.82, 2.24) is 0 Å². The van der Waals surface area contributed by atoms with Gasteiger partial charge in [-0.15, -0.1) is 0 Å². The molecule has 2 unspecified atom stereocenters. The van der Waals surface area contributed by atoms with E-state index in [4.69, 9.17) is 9.47 Å². The largest absolute Gasteiger partial charge is 2.00 e. The smallest absolute Gasteiger partial charge is 0.550 e. The summed E-state index contributed by atoms with van der Waals surface area (Å²) in [6.07, 6.45) is 30.4. The number of aliphatic hydroxyl groups is 2. The predicted molar refractivity (Wildman–Crippen MR) is 238 cm³/mol. The Balaban J connectivity index is 0.00000112. The van der Waals surface area contributed by atoms with Crippen LogP contribution >= 0.6 is 0 Å². The van der Waals surface area contributed by atoms with Crippen molar-refractivity contribution in [3.05, 3.63) is 71.8 Å². The standard InChI is InChI=1S/2C25H42O4.Ba/c2*26-24(18-12-5-3-1-2-4-6-14-20-25(27)28)19-13-7-8-15-21-29-22-23-16-10-9-11-17-23;/h2*9-11,16-17,24,26H,1-8,12-15,18-22H2,(H,27,28);/q;;+2/p-2. The maximum absolute atomic E-state index is 10.3. The number of carboxylic acids is 2. The first-order valence-electron chi connectivity index (χ1n) is 23.4. The molecule has 0 bridgehead atoms. The van der Waals surface area contributed by atoms with E-state index in [2.05, 4.69) is 24.3 Å². The number of carboxylic acid groups (broad SMARTS) is 2. The summed E-state index contributed by atoms with van der Waals surface area (Å²) in [5, 5.41) is 40.8. The molecule has 0 aliphatic rings. The Labute approximate surface area is 400 Å². The topological polar surface area (TPSA) is 139 Å². The summed E-state index contributed by atoms with van der Waals surface area (Å²) in [6, 6.07) is 20.5. The zero-order chi connectivity index (χ0) is 42.0. The van der Waals surface area contributed by atoms with E-state index in [9.17, 15) is 30.0 Å². The molecule has 0 heterocycles. The number of hydrogen-bond donors (Lipinski definition) is 2. The maximum atomic E-state index is 10.3. The molecule has 332 valence electrons. The number of aliphatic hydroxyl groups excluding tert-OH is 2. The van der Waals surface area contributed by atoms with Crippen molar-refractivity contribution < 1.29 is 39.5 Å². The number of unbranched alkanes of at least 4 members (excludes halogenated alkanes) is 20. The molecule has 0 amide bonds. The number of rotatable bonds is 40. The van der Waals surface area contributed by atoms with E-state index >= 15 is 0 Å². The fraction of sp³-hybridized carbons (Fsp3) is 0.720. The second-order valence-electron chi connectivity index (χ2n) is 16.3. The Morgan fingerprint density at radius 2 is 0.661 bits per heavy atom. The van der Waals surface area contributed by atoms with Crippen LogP contribution < -0.4 is 10.2 Å². The summed E-state index contributed by atoms with van der Waals surface area (Å²) in [7, 11) is 0. The van der Waals surface area contributed by atoms with Crippen LogP contribution in [0.25, 0.3) is 0 Å². The van der Waals surface area contributed by atoms with Crippen LogP contribution in [0.4, 0.5) is 0 Å². The van der Waals surface area contributed by atoms with Crippen LogP contribution in [0, 0.1) is 0 Å². The van der Waals surface area contributed by atoms with Gasteiger partial charge >= 0.3 is 48.9 Å². The summed E-state index contributed by atoms with van der Waals surface area (Å²) < 4.78 is 11.4. The SMILES string of the molecule is O=C([O-])CCCCCCCCCCC(O)CCCCCCOCc1ccccc1.O=C([O-])CCCCCCCCCCC(O)CCCCCCOCc1ccccc1.[Ba+2]. The van der Waals surface area contributed by atoms with Crippen molar-refractivity contribution in [3.8, 4) is 0 Å². The molecule has 0 aliphatic heterocycles. The van der Waals surface area contributed by atoms with Crippen molar-refractivity contribution >= 4 is 60.8 Å². The fourth-order valence-corrected chi connectivity index (χ4v) is 7.11. The number of ether oxygens (including phenoxy) is 2. The third kappa shape index (κ3) is 43.2. The minimum Gasteiger partial charge on any atom is -0.550 e. The third-order valence-corrected chi connectivity index (χ3v) is 10.7. The molecule has 0 saturated carbocycles. The number of carbonyl (C=O) groups is 2. The summed E-state index contributed by atoms with van der Waals surface area (Å²) in [5.74, 6) is -1.87. The number of aliphatic carboxylic acids is 2. The molecule has 0 aromatic heterocycles. The average molecular weight is 949 g/mol. The molecule has 2 rings (SSSR count). The van der Waals surface area contributed by atoms with Crippen molar-refractivity contribution in [2.24, 2.45) is 0 Å². The molecule has 9 heteroatoms. The molecule has 2 aromatic rings. The molecular formula is C50H82BaO8. The Bertz CT molecular complexity index is 1080. The predicted octanol–water partition coefficient (Wildman–Crippen LogP) is 9.95. The van der Waals surface area contributed by atoms with Gasteiger partial charge < -0.3 is 39.5 Å². The Morgan fingerprint density at radius 1 is 0.407 bits per heavy atom. The van der Waals surface area contributed by atoms with Gasteiger partial charge in [0, 0.05) is 25.2 Å². The van der Waals surface area contributed by atoms with Crippen molar-refractivity contribution in [2.75, 3.05) is 13.2 Å². The van der Waals surface area contributed by atoms with Gasteiger partial charge in [0.05, 0.1) is 25.4 Å². The zero-order valence-electron chi connectivity index (χ0n) is 37.0. The van der Waals surface area contributed by atoms with Crippen molar-refractivity contribution in [3.63, 3.8) is 0 Å². The van der Waals surface area contributed by atoms with Gasteiger partial charge in [-0.3, -0.25) is 0 Å². The van der Waals surface area contributed by atoms with Crippen LogP contribution in [0.1, 0.15) is 204 Å². The molecule has 0 fully saturated rings. The van der Waals surface area contributed by atoms with Crippen LogP contribution in [-0.4, -0.2) is 96.5 Å². The summed E-state index contributed by atoms with van der Waals surface area (Å²) in [6.45, 7) is 3.02. The molecule has 8 nitrogen and oxygen atoms in total. The van der Waals surface area contributed by atoms with Gasteiger partial charge in [0.1, 0.15) is 0 Å². The van der Waals surface area contributed by atoms with Crippen LogP contribution in [-0.2, 0) is 32.3 Å². The quantitative estimate of drug-likeness (QED) is 0.0498. The van der Waals surface area contributed by atoms with Crippen molar-refractivity contribution in [1.29, 1.82) is 0 Å². The van der Waals surface area contributed by atoms with Crippen LogP contribution in [0.3, 0.4) is 0 Å². The summed E-state index contributed by atoms with van der Waals surface area (Å²) in [5.41, 5.74) is 2.45. The van der Waals surface area contributed by atoms with Crippen LogP contribution in [0.15, 0.2) is 60.7 Å². The first-order valence-corrected chi connectivity index (χ1v) is 23.4. The average Bonchev–Trinajstić information content (AvgIpc) is 3.22. The Hall–Kier alpha value is -1.21. The second-order valence-corrected chi connectivity index (χ2v) is 16.3. The number of carbonyl (C=O) groups excluding carboxylic acids is 2. The summed E-state index contributed by atoms with van der Waals surface area (Å²) in [4.78, 5) is 20.6. The van der Waals surface area contributed by atoms with E-state index in [1.807, 2.05) is 36.4 Å². The molecule has 0 radical (unpaired) electrons. The first kappa shape index (κ1) is 57.8. The number of benzene rings is 2. The van der Waals surface area contributed by atoms with Gasteiger partial charge in [-0.05, 0) is 75.3 Å². The molecule has 0 saturated heterocycles. The van der Waals surface area contributed by atoms with Gasteiger partial charge in [-0.1, -0.05) is 189 Å². The van der Waals surface area contributed by atoms with Crippen molar-refractivity contribution in [2.45, 2.75) is 218 Å². The molecular weight excluding hydrogens is 866 g/mol. The van der Waals surface area contributed by atoms with E-state index in [1.165, 1.54) is 88.2 Å². The Morgan fingerprint density at radius 3 is 0.949 bits per heavy atom. The molecule has 0 aliphatic carbocycles. The van der Waals surface area contributed by atoms with E-state index in [0.29, 0.717) is 13.2 Å². The third-order valence-electron chi connectivity index (χ3n) is 10.7. The Kier molecular flexibility index (Phi) is 43.9. The van der Waals surface area contributed by atoms with Gasteiger partial charge in [-0.2, -0.15) is 0 Å². The minimum absolute atomic E-state index is 0. The van der Waals surface area contributed by atoms with Gasteiger partial charge in [-0.25, -0.2) is 0 Å². The minimum atomic E-state index is -0.934. The van der Waals surface area contributed by atoms with E-state index in [-0.39, 0.29) is 73.9 Å². The van der Waals surface area contributed by atoms with E-state index in [0.717, 1.165) is 116 Å². The normalized spacial score (nSPS) is 12.0. The van der Waals surface area contributed by atoms with E-state index < -0.39 is 11.9 Å². The van der Waals surface area contributed by atoms with Gasteiger partial charge in [0.25, 0.3) is 0 Å². The molecule has 0 spiro atoms. The number of hydrogen-bond acceptors (Lipinski definition) is 8. The molecule has 2 aromatic carbocycles.